The number of amides is 1. The lowest BCUT2D eigenvalue weighted by atomic mass is 9.81. The number of ether oxygens (including phenoxy) is 1. The molecule has 0 bridgehead atoms. The molecule has 2 aliphatic rings. The molecule has 0 heterocycles. The van der Waals surface area contributed by atoms with Crippen molar-refractivity contribution in [3.8, 4) is 5.75 Å². The minimum atomic E-state index is -5.07. The summed E-state index contributed by atoms with van der Waals surface area (Å²) in [6.07, 6.45) is -1.52. The van der Waals surface area contributed by atoms with Gasteiger partial charge in [0, 0.05) is 53.0 Å². The number of nitrogens with one attached hydrogen (secondary N) is 1. The molecule has 4 rings (SSSR count). The van der Waals surface area contributed by atoms with Gasteiger partial charge in [0.2, 0.25) is 5.91 Å². The Hall–Kier alpha value is -4.75. The average molecular weight is 620 g/mol. The first kappa shape index (κ1) is 32.2. The SMILES string of the molecule is CC1(CN=CC(=CN)c2c(F)cc(NC(=O)C3(c4ccc(OC(F)(F)F)cc4F)CC3)cc2C(=O)C(C=O)(C=O)C=O)CC1. The van der Waals surface area contributed by atoms with E-state index in [1.807, 2.05) is 6.92 Å². The van der Waals surface area contributed by atoms with E-state index in [1.165, 1.54) is 6.21 Å². The molecule has 3 N–H and O–H groups in total. The molecule has 0 saturated heterocycles. The van der Waals surface area contributed by atoms with E-state index in [-0.39, 0.29) is 53.9 Å². The molecule has 2 saturated carbocycles. The van der Waals surface area contributed by atoms with Crippen LogP contribution in [0.5, 0.6) is 5.75 Å². The van der Waals surface area contributed by atoms with Crippen molar-refractivity contribution >= 4 is 48.0 Å². The minimum absolute atomic E-state index is 0.0346. The summed E-state index contributed by atoms with van der Waals surface area (Å²) in [6.45, 7) is 2.35. The lowest BCUT2D eigenvalue weighted by molar-refractivity contribution is -0.274. The predicted octanol–water partition coefficient (Wildman–Crippen LogP) is 4.47. The molecular weight excluding hydrogens is 593 g/mol. The Morgan fingerprint density at radius 2 is 1.64 bits per heavy atom. The van der Waals surface area contributed by atoms with E-state index in [4.69, 9.17) is 5.73 Å². The number of nitrogens with two attached hydrogens (primary N) is 1. The summed E-state index contributed by atoms with van der Waals surface area (Å²) in [7, 11) is 0. The van der Waals surface area contributed by atoms with Crippen molar-refractivity contribution < 1.29 is 50.7 Å². The molecule has 232 valence electrons. The van der Waals surface area contributed by atoms with Gasteiger partial charge in [0.25, 0.3) is 0 Å². The third-order valence-corrected chi connectivity index (χ3v) is 7.72. The molecule has 14 heteroatoms. The highest BCUT2D eigenvalue weighted by Crippen LogP contribution is 2.50. The molecule has 0 unspecified atom stereocenters. The molecule has 2 aromatic carbocycles. The van der Waals surface area contributed by atoms with Crippen LogP contribution in [0.4, 0.5) is 27.6 Å². The number of halogens is 5. The first-order chi connectivity index (χ1) is 20.7. The Kier molecular flexibility index (Phi) is 8.58. The molecule has 1 amide bonds. The number of rotatable bonds is 13. The lowest BCUT2D eigenvalue weighted by Gasteiger charge is -2.20. The van der Waals surface area contributed by atoms with Crippen LogP contribution in [0.1, 0.15) is 54.1 Å². The van der Waals surface area contributed by atoms with Gasteiger partial charge < -0.3 is 30.2 Å². The zero-order valence-electron chi connectivity index (χ0n) is 23.2. The fourth-order valence-corrected chi connectivity index (χ4v) is 4.63. The van der Waals surface area contributed by atoms with Crippen LogP contribution in [-0.2, 0) is 24.6 Å². The summed E-state index contributed by atoms with van der Waals surface area (Å²) in [6, 6.07) is 4.02. The number of hydrogen-bond acceptors (Lipinski definition) is 8. The number of benzene rings is 2. The standard InChI is InChI=1S/C30H26F5N3O6/c1-27(4-5-27)13-37-12-17(11-36)24-20(25(42)28(14-39,15-40)16-41)8-18(9-23(24)32)38-26(43)29(6-7-29)21-3-2-19(10-22(21)31)44-30(33,34)35/h2-3,8-12,14-16H,4-7,13,36H2,1H3,(H,38,43). The van der Waals surface area contributed by atoms with Crippen molar-refractivity contribution in [3.05, 3.63) is 64.9 Å². The molecule has 0 atom stereocenters. The maximum Gasteiger partial charge on any atom is 0.573 e. The van der Waals surface area contributed by atoms with Gasteiger partial charge in [-0.1, -0.05) is 13.0 Å². The zero-order chi connectivity index (χ0) is 32.5. The summed E-state index contributed by atoms with van der Waals surface area (Å²) in [5.41, 5.74) is -0.571. The number of Topliss-reactive ketones (excluding diaryl/α,β-unsaturated/α-hetero) is 1. The first-order valence-electron chi connectivity index (χ1n) is 13.2. The smallest absolute Gasteiger partial charge is 0.406 e. The number of alkyl halides is 3. The summed E-state index contributed by atoms with van der Waals surface area (Å²) in [4.78, 5) is 66.1. The van der Waals surface area contributed by atoms with Gasteiger partial charge in [0.05, 0.1) is 5.41 Å². The van der Waals surface area contributed by atoms with Crippen LogP contribution in [-0.4, -0.2) is 49.7 Å². The quantitative estimate of drug-likeness (QED) is 0.111. The number of carbonyl (C=O) groups excluding carboxylic acids is 5. The number of hydrogen-bond donors (Lipinski definition) is 2. The predicted molar refractivity (Wildman–Crippen MR) is 147 cm³/mol. The number of aliphatic imine (C=N–C) groups is 1. The van der Waals surface area contributed by atoms with Gasteiger partial charge in [0.1, 0.15) is 36.2 Å². The van der Waals surface area contributed by atoms with Crippen LogP contribution in [0, 0.1) is 22.5 Å². The van der Waals surface area contributed by atoms with Gasteiger partial charge in [0.15, 0.2) is 11.2 Å². The number of anilines is 1. The molecule has 2 fully saturated rings. The number of carbonyl (C=O) groups is 5. The van der Waals surface area contributed by atoms with E-state index in [9.17, 15) is 41.5 Å². The second-order valence-corrected chi connectivity index (χ2v) is 11.1. The molecule has 9 nitrogen and oxygen atoms in total. The minimum Gasteiger partial charge on any atom is -0.406 e. The van der Waals surface area contributed by atoms with Gasteiger partial charge in [-0.15, -0.1) is 13.2 Å². The summed E-state index contributed by atoms with van der Waals surface area (Å²) in [5.74, 6) is -5.42. The molecule has 2 aromatic rings. The van der Waals surface area contributed by atoms with Crippen LogP contribution >= 0.6 is 0 Å². The number of aldehydes is 3. The number of nitrogens with zero attached hydrogens (tertiary/aromatic N) is 1. The van der Waals surface area contributed by atoms with Crippen LogP contribution in [0.3, 0.4) is 0 Å². The lowest BCUT2D eigenvalue weighted by Crippen LogP contribution is -2.37. The third-order valence-electron chi connectivity index (χ3n) is 7.72. The molecule has 0 aromatic heterocycles. The van der Waals surface area contributed by atoms with Crippen LogP contribution in [0.15, 0.2) is 41.5 Å². The largest absolute Gasteiger partial charge is 0.573 e. The molecule has 2 aliphatic carbocycles. The van der Waals surface area contributed by atoms with Crippen molar-refractivity contribution in [3.63, 3.8) is 0 Å². The van der Waals surface area contributed by atoms with Crippen molar-refractivity contribution in [2.45, 2.75) is 44.4 Å². The normalized spacial score (nSPS) is 17.1. The first-order valence-corrected chi connectivity index (χ1v) is 13.2. The molecule has 0 spiro atoms. The number of ketones is 1. The summed E-state index contributed by atoms with van der Waals surface area (Å²) >= 11 is 0. The maximum atomic E-state index is 15.7. The van der Waals surface area contributed by atoms with E-state index in [0.717, 1.165) is 43.3 Å². The Labute approximate surface area is 247 Å². The van der Waals surface area contributed by atoms with Crippen molar-refractivity contribution in [2.75, 3.05) is 11.9 Å². The van der Waals surface area contributed by atoms with Crippen molar-refractivity contribution in [1.29, 1.82) is 0 Å². The van der Waals surface area contributed by atoms with Crippen molar-refractivity contribution in [1.82, 2.24) is 0 Å². The van der Waals surface area contributed by atoms with Crippen LogP contribution in [0.25, 0.3) is 5.57 Å². The van der Waals surface area contributed by atoms with E-state index >= 15 is 4.39 Å². The van der Waals surface area contributed by atoms with Gasteiger partial charge in [-0.05, 0) is 49.3 Å². The average Bonchev–Trinajstić information content (AvgIpc) is 3.89. The van der Waals surface area contributed by atoms with E-state index in [0.29, 0.717) is 12.6 Å². The second kappa shape index (κ2) is 11.7. The molecular formula is C30H26F5N3O6. The highest BCUT2D eigenvalue weighted by molar-refractivity contribution is 6.31. The Morgan fingerprint density at radius 3 is 2.14 bits per heavy atom. The Morgan fingerprint density at radius 1 is 1.00 bits per heavy atom. The molecule has 44 heavy (non-hydrogen) atoms. The monoisotopic (exact) mass is 619 g/mol. The summed E-state index contributed by atoms with van der Waals surface area (Å²) < 4.78 is 71.8. The van der Waals surface area contributed by atoms with Gasteiger partial charge in [-0.2, -0.15) is 0 Å². The van der Waals surface area contributed by atoms with Gasteiger partial charge in [-0.3, -0.25) is 14.6 Å². The second-order valence-electron chi connectivity index (χ2n) is 11.1. The van der Waals surface area contributed by atoms with Crippen molar-refractivity contribution in [2.24, 2.45) is 21.6 Å². The fraction of sp³-hybridized carbons (Fsp3) is 0.333. The van der Waals surface area contributed by atoms with Gasteiger partial charge >= 0.3 is 6.36 Å². The molecule has 0 aliphatic heterocycles. The number of allylic oxidation sites excluding steroid dienone is 1. The highest BCUT2D eigenvalue weighted by Gasteiger charge is 2.53. The Bertz CT molecular complexity index is 1570. The highest BCUT2D eigenvalue weighted by atomic mass is 19.4. The van der Waals surface area contributed by atoms with Crippen LogP contribution in [0.2, 0.25) is 0 Å². The van der Waals surface area contributed by atoms with E-state index < -0.39 is 57.4 Å². The zero-order valence-corrected chi connectivity index (χ0v) is 23.2. The van der Waals surface area contributed by atoms with E-state index in [1.54, 1.807) is 0 Å². The third kappa shape index (κ3) is 6.43. The topological polar surface area (TPSA) is 145 Å². The summed E-state index contributed by atoms with van der Waals surface area (Å²) in [5, 5.41) is 2.36. The van der Waals surface area contributed by atoms with E-state index in [2.05, 4.69) is 15.0 Å². The molecule has 0 radical (unpaired) electrons. The van der Waals surface area contributed by atoms with Gasteiger partial charge in [-0.25, -0.2) is 8.78 Å². The Balaban J connectivity index is 1.72. The maximum absolute atomic E-state index is 15.7. The fourth-order valence-electron chi connectivity index (χ4n) is 4.63. The van der Waals surface area contributed by atoms with Crippen LogP contribution < -0.4 is 15.8 Å².